The summed E-state index contributed by atoms with van der Waals surface area (Å²) in [6.07, 6.45) is 0.547. The van der Waals surface area contributed by atoms with Crippen LogP contribution in [0.1, 0.15) is 27.2 Å². The molecule has 3 nitrogen and oxygen atoms in total. The first-order chi connectivity index (χ1) is 4.57. The van der Waals surface area contributed by atoms with E-state index < -0.39 is 0 Å². The Bertz CT molecular complexity index is 150. The van der Waals surface area contributed by atoms with Crippen molar-refractivity contribution >= 4 is 11.5 Å². The Morgan fingerprint density at radius 1 is 1.60 bits per heavy atom. The smallest absolute Gasteiger partial charge is 0.177 e. The number of oxime groups is 1. The first-order valence-corrected chi connectivity index (χ1v) is 3.29. The second-order valence-electron chi connectivity index (χ2n) is 2.70. The summed E-state index contributed by atoms with van der Waals surface area (Å²) in [6.45, 7) is 5.33. The van der Waals surface area contributed by atoms with Gasteiger partial charge in [-0.2, -0.15) is 0 Å². The molecule has 0 saturated heterocycles. The van der Waals surface area contributed by atoms with Crippen LogP contribution in [0.2, 0.25) is 0 Å². The lowest BCUT2D eigenvalue weighted by Gasteiger charge is -2.01. The third-order valence-corrected chi connectivity index (χ3v) is 1.13. The summed E-state index contributed by atoms with van der Waals surface area (Å²) in [7, 11) is 0. The molecule has 10 heavy (non-hydrogen) atoms. The number of ketones is 1. The molecule has 0 aliphatic heterocycles. The maximum atomic E-state index is 10.6. The summed E-state index contributed by atoms with van der Waals surface area (Å²) < 4.78 is 0. The lowest BCUT2D eigenvalue weighted by Crippen LogP contribution is -2.12. The highest BCUT2D eigenvalue weighted by molar-refractivity contribution is 6.38. The largest absolute Gasteiger partial charge is 0.411 e. The average molecular weight is 143 g/mol. The molecule has 0 atom stereocenters. The molecule has 0 aromatic carbocycles. The maximum absolute atomic E-state index is 10.6. The van der Waals surface area contributed by atoms with Crippen molar-refractivity contribution in [1.29, 1.82) is 0 Å². The highest BCUT2D eigenvalue weighted by atomic mass is 16.4. The lowest BCUT2D eigenvalue weighted by atomic mass is 10.0. The van der Waals surface area contributed by atoms with Gasteiger partial charge >= 0.3 is 0 Å². The molecule has 0 heterocycles. The quantitative estimate of drug-likeness (QED) is 0.369. The van der Waals surface area contributed by atoms with Gasteiger partial charge in [-0.25, -0.2) is 0 Å². The fourth-order valence-electron chi connectivity index (χ4n) is 0.642. The van der Waals surface area contributed by atoms with E-state index in [1.807, 2.05) is 13.8 Å². The molecule has 3 heteroatoms. The third-order valence-electron chi connectivity index (χ3n) is 1.13. The van der Waals surface area contributed by atoms with Gasteiger partial charge in [0, 0.05) is 6.92 Å². The molecule has 0 bridgehead atoms. The molecule has 1 N–H and O–H groups in total. The van der Waals surface area contributed by atoms with Gasteiger partial charge in [0.05, 0.1) is 0 Å². The van der Waals surface area contributed by atoms with Crippen molar-refractivity contribution in [3.63, 3.8) is 0 Å². The van der Waals surface area contributed by atoms with Crippen molar-refractivity contribution in [3.8, 4) is 0 Å². The molecule has 0 saturated carbocycles. The van der Waals surface area contributed by atoms with Gasteiger partial charge in [-0.1, -0.05) is 19.0 Å². The first-order valence-electron chi connectivity index (χ1n) is 3.29. The number of carbonyl (C=O) groups is 1. The Hall–Kier alpha value is -0.860. The third kappa shape index (κ3) is 3.22. The van der Waals surface area contributed by atoms with Crippen molar-refractivity contribution in [1.82, 2.24) is 0 Å². The SMILES string of the molecule is CC(=O)/C(CC(C)C)=N/O. The van der Waals surface area contributed by atoms with Crippen LogP contribution in [0.5, 0.6) is 0 Å². The molecular formula is C7H13NO2. The van der Waals surface area contributed by atoms with Crippen LogP contribution in [0.3, 0.4) is 0 Å². The average Bonchev–Trinajstić information content (AvgIpc) is 1.81. The molecule has 0 amide bonds. The number of Topliss-reactive ketones (excluding diaryl/α,β-unsaturated/α-hetero) is 1. The van der Waals surface area contributed by atoms with E-state index in [1.54, 1.807) is 0 Å². The molecule has 0 spiro atoms. The summed E-state index contributed by atoms with van der Waals surface area (Å²) in [5.41, 5.74) is 0.259. The molecule has 58 valence electrons. The van der Waals surface area contributed by atoms with Crippen LogP contribution in [0.4, 0.5) is 0 Å². The highest BCUT2D eigenvalue weighted by Gasteiger charge is 2.07. The van der Waals surface area contributed by atoms with Gasteiger partial charge in [-0.3, -0.25) is 4.79 Å². The number of hydrogen-bond acceptors (Lipinski definition) is 3. The summed E-state index contributed by atoms with van der Waals surface area (Å²) in [5, 5.41) is 11.2. The summed E-state index contributed by atoms with van der Waals surface area (Å²) in [5.74, 6) is 0.200. The van der Waals surface area contributed by atoms with Gasteiger partial charge in [0.2, 0.25) is 0 Å². The Morgan fingerprint density at radius 2 is 2.10 bits per heavy atom. The zero-order chi connectivity index (χ0) is 8.15. The van der Waals surface area contributed by atoms with E-state index in [9.17, 15) is 4.79 Å². The van der Waals surface area contributed by atoms with Crippen LogP contribution in [0.25, 0.3) is 0 Å². The highest BCUT2D eigenvalue weighted by Crippen LogP contribution is 2.01. The van der Waals surface area contributed by atoms with Crippen LogP contribution in [-0.2, 0) is 4.79 Å². The van der Waals surface area contributed by atoms with Crippen LogP contribution < -0.4 is 0 Å². The van der Waals surface area contributed by atoms with Gasteiger partial charge in [-0.15, -0.1) is 0 Å². The number of carbonyl (C=O) groups excluding carboxylic acids is 1. The zero-order valence-corrected chi connectivity index (χ0v) is 6.59. The van der Waals surface area contributed by atoms with Crippen molar-refractivity contribution < 1.29 is 10.0 Å². The fourth-order valence-corrected chi connectivity index (χ4v) is 0.642. The number of rotatable bonds is 3. The van der Waals surface area contributed by atoms with Crippen molar-refractivity contribution in [2.75, 3.05) is 0 Å². The molecule has 0 aromatic rings. The van der Waals surface area contributed by atoms with Crippen LogP contribution in [0.15, 0.2) is 5.16 Å². The molecular weight excluding hydrogens is 130 g/mol. The van der Waals surface area contributed by atoms with Crippen molar-refractivity contribution in [2.45, 2.75) is 27.2 Å². The predicted molar refractivity (Wildman–Crippen MR) is 39.4 cm³/mol. The number of hydrogen-bond donors (Lipinski definition) is 1. The van der Waals surface area contributed by atoms with Crippen LogP contribution in [-0.4, -0.2) is 16.7 Å². The van der Waals surface area contributed by atoms with E-state index in [1.165, 1.54) is 6.92 Å². The van der Waals surface area contributed by atoms with Gasteiger partial charge in [0.25, 0.3) is 0 Å². The second kappa shape index (κ2) is 4.04. The molecule has 0 unspecified atom stereocenters. The maximum Gasteiger partial charge on any atom is 0.177 e. The van der Waals surface area contributed by atoms with Gasteiger partial charge in [0.1, 0.15) is 5.71 Å². The normalized spacial score (nSPS) is 12.2. The van der Waals surface area contributed by atoms with Gasteiger partial charge in [-0.05, 0) is 12.3 Å². The summed E-state index contributed by atoms with van der Waals surface area (Å²) in [4.78, 5) is 10.6. The fraction of sp³-hybridized carbons (Fsp3) is 0.714. The standard InChI is InChI=1S/C7H13NO2/c1-5(2)4-7(8-10)6(3)9/h5,10H,4H2,1-3H3/b8-7+. The molecule has 0 aliphatic rings. The first kappa shape index (κ1) is 9.14. The van der Waals surface area contributed by atoms with E-state index in [-0.39, 0.29) is 11.5 Å². The van der Waals surface area contributed by atoms with Gasteiger partial charge < -0.3 is 5.21 Å². The molecule has 0 aliphatic carbocycles. The van der Waals surface area contributed by atoms with E-state index in [0.29, 0.717) is 12.3 Å². The van der Waals surface area contributed by atoms with Crippen molar-refractivity contribution in [3.05, 3.63) is 0 Å². The predicted octanol–water partition coefficient (Wildman–Crippen LogP) is 1.45. The zero-order valence-electron chi connectivity index (χ0n) is 6.59. The Kier molecular flexibility index (Phi) is 3.69. The Balaban J connectivity index is 3.99. The number of nitrogens with zero attached hydrogens (tertiary/aromatic N) is 1. The van der Waals surface area contributed by atoms with E-state index >= 15 is 0 Å². The molecule has 0 fully saturated rings. The lowest BCUT2D eigenvalue weighted by molar-refractivity contribution is -0.111. The Morgan fingerprint density at radius 3 is 2.20 bits per heavy atom. The van der Waals surface area contributed by atoms with Crippen molar-refractivity contribution in [2.24, 2.45) is 11.1 Å². The minimum absolute atomic E-state index is 0.156. The molecule has 0 aromatic heterocycles. The molecule has 0 radical (unpaired) electrons. The molecule has 0 rings (SSSR count). The topological polar surface area (TPSA) is 49.7 Å². The van der Waals surface area contributed by atoms with E-state index in [4.69, 9.17) is 5.21 Å². The van der Waals surface area contributed by atoms with Crippen LogP contribution >= 0.6 is 0 Å². The second-order valence-corrected chi connectivity index (χ2v) is 2.70. The minimum atomic E-state index is -0.156. The van der Waals surface area contributed by atoms with E-state index in [0.717, 1.165) is 0 Å². The van der Waals surface area contributed by atoms with E-state index in [2.05, 4.69) is 5.16 Å². The van der Waals surface area contributed by atoms with Gasteiger partial charge in [0.15, 0.2) is 5.78 Å². The monoisotopic (exact) mass is 143 g/mol. The Labute approximate surface area is 60.7 Å². The summed E-state index contributed by atoms with van der Waals surface area (Å²) in [6, 6.07) is 0. The summed E-state index contributed by atoms with van der Waals surface area (Å²) >= 11 is 0. The minimum Gasteiger partial charge on any atom is -0.411 e. The van der Waals surface area contributed by atoms with Crippen LogP contribution in [0, 0.1) is 5.92 Å².